The second kappa shape index (κ2) is 11.3. The van der Waals surface area contributed by atoms with Gasteiger partial charge in [-0.15, -0.1) is 0 Å². The molecule has 1 aliphatic carbocycles. The van der Waals surface area contributed by atoms with Crippen molar-refractivity contribution in [3.05, 3.63) is 76.6 Å². The lowest BCUT2D eigenvalue weighted by atomic mass is 9.77. The molecule has 0 radical (unpaired) electrons. The monoisotopic (exact) mass is 466 g/mol. The van der Waals surface area contributed by atoms with Crippen molar-refractivity contribution in [3.63, 3.8) is 0 Å². The highest BCUT2D eigenvalue weighted by molar-refractivity contribution is 5.47. The Morgan fingerprint density at radius 1 is 0.909 bits per heavy atom. The van der Waals surface area contributed by atoms with Gasteiger partial charge in [-0.1, -0.05) is 31.6 Å². The van der Waals surface area contributed by atoms with Crippen molar-refractivity contribution in [2.45, 2.75) is 57.8 Å². The molecule has 0 heterocycles. The van der Waals surface area contributed by atoms with Gasteiger partial charge in [0.05, 0.1) is 11.8 Å². The van der Waals surface area contributed by atoms with Crippen molar-refractivity contribution in [2.75, 3.05) is 0 Å². The molecule has 1 nitrogen and oxygen atoms in total. The Morgan fingerprint density at radius 2 is 1.52 bits per heavy atom. The van der Waals surface area contributed by atoms with Crippen molar-refractivity contribution in [2.24, 2.45) is 5.92 Å². The van der Waals surface area contributed by atoms with Crippen LogP contribution in [0.1, 0.15) is 68.1 Å². The number of hydrogen-bond donors (Lipinski definition) is 0. The second-order valence-electron chi connectivity index (χ2n) is 8.17. The van der Waals surface area contributed by atoms with Crippen LogP contribution in [0.2, 0.25) is 0 Å². The fraction of sp³-hybridized carbons (Fsp3) is 0.385. The first kappa shape index (κ1) is 24.8. The largest absolute Gasteiger partial charge is 0.459 e. The summed E-state index contributed by atoms with van der Waals surface area (Å²) in [7, 11) is 0. The first-order valence-corrected chi connectivity index (χ1v) is 10.9. The van der Waals surface area contributed by atoms with Crippen LogP contribution in [0.3, 0.4) is 0 Å². The summed E-state index contributed by atoms with van der Waals surface area (Å²) >= 11 is 0. The number of rotatable bonds is 6. The predicted molar refractivity (Wildman–Crippen MR) is 114 cm³/mol. The van der Waals surface area contributed by atoms with Crippen LogP contribution in [0.25, 0.3) is 0 Å². The van der Waals surface area contributed by atoms with Crippen molar-refractivity contribution >= 4 is 0 Å². The average molecular weight is 466 g/mol. The molecule has 2 aromatic rings. The molecule has 0 atom stereocenters. The summed E-state index contributed by atoms with van der Waals surface area (Å²) in [6.07, 6.45) is 4.10. The number of ether oxygens (including phenoxy) is 1. The topological polar surface area (TPSA) is 9.23 Å². The summed E-state index contributed by atoms with van der Waals surface area (Å²) in [6, 6.07) is 4.15. The van der Waals surface area contributed by atoms with E-state index in [0.29, 0.717) is 23.8 Å². The fourth-order valence-electron chi connectivity index (χ4n) is 4.19. The summed E-state index contributed by atoms with van der Waals surface area (Å²) in [5.41, 5.74) is -0.0762. The van der Waals surface area contributed by atoms with E-state index in [-0.39, 0.29) is 11.5 Å². The summed E-state index contributed by atoms with van der Waals surface area (Å²) < 4.78 is 86.0. The van der Waals surface area contributed by atoms with Crippen LogP contribution in [-0.4, -0.2) is 6.43 Å². The Labute approximate surface area is 189 Å². The van der Waals surface area contributed by atoms with E-state index in [2.05, 4.69) is 23.5 Å². The van der Waals surface area contributed by atoms with E-state index in [1.54, 1.807) is 0 Å². The zero-order chi connectivity index (χ0) is 24.0. The molecule has 1 saturated carbocycles. The molecule has 0 spiro atoms. The van der Waals surface area contributed by atoms with Crippen LogP contribution in [0.5, 0.6) is 5.75 Å². The first-order valence-electron chi connectivity index (χ1n) is 10.9. The quantitative estimate of drug-likeness (QED) is 0.239. The van der Waals surface area contributed by atoms with Gasteiger partial charge in [0.2, 0.25) is 0 Å². The highest BCUT2D eigenvalue weighted by atomic mass is 19.3. The molecule has 33 heavy (non-hydrogen) atoms. The molecule has 1 aliphatic rings. The Kier molecular flexibility index (Phi) is 8.49. The predicted octanol–water partition coefficient (Wildman–Crippen LogP) is 7.87. The molecule has 0 unspecified atom stereocenters. The smallest absolute Gasteiger partial charge is 0.260 e. The average Bonchev–Trinajstić information content (AvgIpc) is 2.75. The minimum atomic E-state index is -2.84. The molecule has 0 saturated heterocycles. The van der Waals surface area contributed by atoms with Gasteiger partial charge in [0.15, 0.2) is 17.4 Å². The standard InChI is InChI=1S/C26H24F6O/c1-2-3-16-4-7-18(8-5-16)19-14-21(27)20(22(28)15-19)9-6-17-12-23(29)26(24(30)13-17)33-11-10-25(31)32/h10-16,18,25H,2-5,7-8H2,1H3/b11-10+. The van der Waals surface area contributed by atoms with Gasteiger partial charge in [0.25, 0.3) is 6.43 Å². The maximum absolute atomic E-state index is 14.6. The Balaban J connectivity index is 1.76. The third kappa shape index (κ3) is 6.56. The van der Waals surface area contributed by atoms with Crippen LogP contribution in [-0.2, 0) is 0 Å². The van der Waals surface area contributed by atoms with E-state index in [1.807, 2.05) is 0 Å². The van der Waals surface area contributed by atoms with Crippen molar-refractivity contribution < 1.29 is 31.1 Å². The minimum absolute atomic E-state index is 0.0963. The molecule has 0 bridgehead atoms. The summed E-state index contributed by atoms with van der Waals surface area (Å²) in [5.74, 6) is 0.493. The van der Waals surface area contributed by atoms with Gasteiger partial charge < -0.3 is 4.74 Å². The number of halogens is 6. The van der Waals surface area contributed by atoms with Gasteiger partial charge in [-0.3, -0.25) is 0 Å². The van der Waals surface area contributed by atoms with E-state index < -0.39 is 41.0 Å². The lowest BCUT2D eigenvalue weighted by Crippen LogP contribution is -2.13. The van der Waals surface area contributed by atoms with Gasteiger partial charge in [0.1, 0.15) is 11.6 Å². The third-order valence-corrected chi connectivity index (χ3v) is 5.82. The maximum atomic E-state index is 14.6. The molecule has 2 aromatic carbocycles. The minimum Gasteiger partial charge on any atom is -0.459 e. The lowest BCUT2D eigenvalue weighted by molar-refractivity contribution is 0.200. The van der Waals surface area contributed by atoms with Crippen molar-refractivity contribution in [3.8, 4) is 17.6 Å². The van der Waals surface area contributed by atoms with Crippen LogP contribution in [0, 0.1) is 41.0 Å². The van der Waals surface area contributed by atoms with E-state index >= 15 is 0 Å². The zero-order valence-corrected chi connectivity index (χ0v) is 18.1. The highest BCUT2D eigenvalue weighted by Crippen LogP contribution is 2.38. The van der Waals surface area contributed by atoms with Crippen molar-refractivity contribution in [1.29, 1.82) is 0 Å². The molecule has 0 aliphatic heterocycles. The molecular formula is C26H24F6O. The number of hydrogen-bond acceptors (Lipinski definition) is 1. The van der Waals surface area contributed by atoms with Crippen LogP contribution in [0.4, 0.5) is 26.3 Å². The van der Waals surface area contributed by atoms with Gasteiger partial charge in [-0.25, -0.2) is 26.3 Å². The van der Waals surface area contributed by atoms with E-state index in [4.69, 9.17) is 0 Å². The maximum Gasteiger partial charge on any atom is 0.260 e. The molecule has 7 heteroatoms. The van der Waals surface area contributed by atoms with Crippen LogP contribution >= 0.6 is 0 Å². The number of allylic oxidation sites excluding steroid dienone is 1. The number of alkyl halides is 2. The lowest BCUT2D eigenvalue weighted by Gasteiger charge is -2.28. The number of benzene rings is 2. The SMILES string of the molecule is CCCC1CCC(c2cc(F)c(C#Cc3cc(F)c(O/C=C/C(F)F)c(F)c3)c(F)c2)CC1. The molecule has 0 amide bonds. The van der Waals surface area contributed by atoms with Crippen LogP contribution < -0.4 is 4.74 Å². The summed E-state index contributed by atoms with van der Waals surface area (Å²) in [5, 5.41) is 0. The van der Waals surface area contributed by atoms with Gasteiger partial charge in [-0.2, -0.15) is 0 Å². The third-order valence-electron chi connectivity index (χ3n) is 5.82. The molecule has 176 valence electrons. The second-order valence-corrected chi connectivity index (χ2v) is 8.17. The highest BCUT2D eigenvalue weighted by Gasteiger charge is 2.23. The van der Waals surface area contributed by atoms with Gasteiger partial charge in [0, 0.05) is 11.6 Å². The van der Waals surface area contributed by atoms with E-state index in [9.17, 15) is 26.3 Å². The Morgan fingerprint density at radius 3 is 2.06 bits per heavy atom. The summed E-state index contributed by atoms with van der Waals surface area (Å²) in [6.45, 7) is 2.15. The molecule has 0 aromatic heterocycles. The summed E-state index contributed by atoms with van der Waals surface area (Å²) in [4.78, 5) is 0. The molecule has 1 fully saturated rings. The fourth-order valence-corrected chi connectivity index (χ4v) is 4.19. The Bertz CT molecular complexity index is 1010. The molecule has 0 N–H and O–H groups in total. The Hall–Kier alpha value is -2.88. The van der Waals surface area contributed by atoms with Crippen molar-refractivity contribution in [1.82, 2.24) is 0 Å². The van der Waals surface area contributed by atoms with Gasteiger partial charge >= 0.3 is 0 Å². The normalized spacial score (nSPS) is 18.4. The van der Waals surface area contributed by atoms with Gasteiger partial charge in [-0.05, 0) is 67.3 Å². The van der Waals surface area contributed by atoms with E-state index in [1.165, 1.54) is 18.6 Å². The molecule has 3 rings (SSSR count). The van der Waals surface area contributed by atoms with Crippen LogP contribution in [0.15, 0.2) is 36.6 Å². The zero-order valence-electron chi connectivity index (χ0n) is 18.1. The molecular weight excluding hydrogens is 442 g/mol. The van der Waals surface area contributed by atoms with E-state index in [0.717, 1.165) is 44.2 Å². The first-order chi connectivity index (χ1) is 15.8.